The number of aryl methyl sites for hydroxylation is 2. The molecular weight excluding hydrogens is 296 g/mol. The van der Waals surface area contributed by atoms with Gasteiger partial charge in [-0.1, -0.05) is 17.7 Å². The van der Waals surface area contributed by atoms with E-state index < -0.39 is 5.91 Å². The summed E-state index contributed by atoms with van der Waals surface area (Å²) in [4.78, 5) is 11.7. The average molecular weight is 314 g/mol. The van der Waals surface area contributed by atoms with Crippen LogP contribution in [-0.2, 0) is 4.79 Å². The Balaban J connectivity index is 1.86. The standard InChI is InChI=1S/C17H18N2O4/c1-11-3-6-16(12(2)7-11)23-10-17(22)19-18-9-13-4-5-14(20)8-15(13)21/h3-9,20-21H,10H2,1-2H3,(H,19,22). The predicted molar refractivity (Wildman–Crippen MR) is 86.9 cm³/mol. The van der Waals surface area contributed by atoms with E-state index in [0.29, 0.717) is 11.3 Å². The summed E-state index contributed by atoms with van der Waals surface area (Å²) in [6.07, 6.45) is 1.28. The summed E-state index contributed by atoms with van der Waals surface area (Å²) in [6.45, 7) is 3.73. The van der Waals surface area contributed by atoms with Crippen LogP contribution in [0.1, 0.15) is 16.7 Å². The van der Waals surface area contributed by atoms with Crippen molar-refractivity contribution in [3.8, 4) is 17.2 Å². The van der Waals surface area contributed by atoms with Gasteiger partial charge in [0.15, 0.2) is 6.61 Å². The van der Waals surface area contributed by atoms with E-state index in [1.807, 2.05) is 32.0 Å². The molecule has 0 bridgehead atoms. The number of hydrogen-bond donors (Lipinski definition) is 3. The Bertz CT molecular complexity index is 741. The number of hydrogen-bond acceptors (Lipinski definition) is 5. The van der Waals surface area contributed by atoms with Gasteiger partial charge in [0.2, 0.25) is 0 Å². The molecule has 0 aliphatic carbocycles. The van der Waals surface area contributed by atoms with E-state index in [4.69, 9.17) is 4.74 Å². The summed E-state index contributed by atoms with van der Waals surface area (Å²) in [5.41, 5.74) is 4.76. The minimum atomic E-state index is -0.417. The molecule has 0 saturated carbocycles. The third kappa shape index (κ3) is 4.74. The molecule has 0 aliphatic rings. The number of carbonyl (C=O) groups is 1. The molecule has 6 heteroatoms. The van der Waals surface area contributed by atoms with Crippen molar-refractivity contribution in [3.05, 3.63) is 53.1 Å². The Kier molecular flexibility index (Phi) is 5.19. The smallest absolute Gasteiger partial charge is 0.277 e. The maximum absolute atomic E-state index is 11.7. The van der Waals surface area contributed by atoms with Crippen LogP contribution in [0, 0.1) is 13.8 Å². The molecule has 120 valence electrons. The lowest BCUT2D eigenvalue weighted by atomic mass is 10.1. The molecule has 0 saturated heterocycles. The SMILES string of the molecule is Cc1ccc(OCC(=O)NN=Cc2ccc(O)cc2O)c(C)c1. The van der Waals surface area contributed by atoms with Crippen LogP contribution in [0.5, 0.6) is 17.2 Å². The summed E-state index contributed by atoms with van der Waals surface area (Å²) in [6, 6.07) is 9.77. The Hall–Kier alpha value is -3.02. The highest BCUT2D eigenvalue weighted by Gasteiger charge is 2.04. The van der Waals surface area contributed by atoms with E-state index in [2.05, 4.69) is 10.5 Å². The molecule has 2 aromatic rings. The van der Waals surface area contributed by atoms with Crippen LogP contribution >= 0.6 is 0 Å². The summed E-state index contributed by atoms with van der Waals surface area (Å²) < 4.78 is 5.43. The predicted octanol–water partition coefficient (Wildman–Crippen LogP) is 2.24. The fourth-order valence-electron chi connectivity index (χ4n) is 1.95. The van der Waals surface area contributed by atoms with Crippen molar-refractivity contribution in [2.45, 2.75) is 13.8 Å². The Morgan fingerprint density at radius 2 is 2.00 bits per heavy atom. The summed E-state index contributed by atoms with van der Waals surface area (Å²) >= 11 is 0. The third-order valence-electron chi connectivity index (χ3n) is 3.10. The lowest BCUT2D eigenvalue weighted by Crippen LogP contribution is -2.24. The van der Waals surface area contributed by atoms with Crippen LogP contribution in [0.3, 0.4) is 0 Å². The van der Waals surface area contributed by atoms with Crippen molar-refractivity contribution in [1.82, 2.24) is 5.43 Å². The zero-order valence-corrected chi connectivity index (χ0v) is 12.9. The minimum Gasteiger partial charge on any atom is -0.508 e. The molecule has 0 spiro atoms. The third-order valence-corrected chi connectivity index (χ3v) is 3.10. The summed E-state index contributed by atoms with van der Waals surface area (Å²) in [5, 5.41) is 22.5. The fraction of sp³-hybridized carbons (Fsp3) is 0.176. The second kappa shape index (κ2) is 7.31. The van der Waals surface area contributed by atoms with E-state index >= 15 is 0 Å². The molecule has 3 N–H and O–H groups in total. The van der Waals surface area contributed by atoms with Gasteiger partial charge in [-0.15, -0.1) is 0 Å². The van der Waals surface area contributed by atoms with Crippen LogP contribution in [0.15, 0.2) is 41.5 Å². The zero-order chi connectivity index (χ0) is 16.8. The molecule has 0 radical (unpaired) electrons. The second-order valence-corrected chi connectivity index (χ2v) is 5.09. The number of carbonyl (C=O) groups excluding carboxylic acids is 1. The van der Waals surface area contributed by atoms with E-state index in [1.165, 1.54) is 24.4 Å². The van der Waals surface area contributed by atoms with E-state index in [-0.39, 0.29) is 18.1 Å². The van der Waals surface area contributed by atoms with Gasteiger partial charge >= 0.3 is 0 Å². The van der Waals surface area contributed by atoms with E-state index in [1.54, 1.807) is 0 Å². The molecule has 0 unspecified atom stereocenters. The number of benzene rings is 2. The summed E-state index contributed by atoms with van der Waals surface area (Å²) in [7, 11) is 0. The maximum Gasteiger partial charge on any atom is 0.277 e. The first kappa shape index (κ1) is 16.4. The molecule has 0 aromatic heterocycles. The quantitative estimate of drug-likeness (QED) is 0.583. The molecular formula is C17H18N2O4. The van der Waals surface area contributed by atoms with Gasteiger partial charge in [-0.2, -0.15) is 5.10 Å². The monoisotopic (exact) mass is 314 g/mol. The van der Waals surface area contributed by atoms with Crippen LogP contribution < -0.4 is 10.2 Å². The first-order valence-corrected chi connectivity index (χ1v) is 6.99. The first-order chi connectivity index (χ1) is 11.0. The van der Waals surface area contributed by atoms with E-state index in [9.17, 15) is 15.0 Å². The van der Waals surface area contributed by atoms with Crippen LogP contribution in [0.25, 0.3) is 0 Å². The number of hydrazone groups is 1. The first-order valence-electron chi connectivity index (χ1n) is 6.99. The van der Waals surface area contributed by atoms with Gasteiger partial charge in [-0.05, 0) is 37.6 Å². The number of nitrogens with zero attached hydrogens (tertiary/aromatic N) is 1. The number of amides is 1. The number of ether oxygens (including phenoxy) is 1. The van der Waals surface area contributed by atoms with Crippen molar-refractivity contribution in [1.29, 1.82) is 0 Å². The van der Waals surface area contributed by atoms with Gasteiger partial charge in [0.1, 0.15) is 17.2 Å². The number of phenolic OH excluding ortho intramolecular Hbond substituents is 2. The lowest BCUT2D eigenvalue weighted by molar-refractivity contribution is -0.123. The molecule has 0 heterocycles. The van der Waals surface area contributed by atoms with Gasteiger partial charge < -0.3 is 14.9 Å². The van der Waals surface area contributed by atoms with Gasteiger partial charge in [-0.25, -0.2) is 5.43 Å². The molecule has 23 heavy (non-hydrogen) atoms. The topological polar surface area (TPSA) is 91.2 Å². The number of phenols is 2. The maximum atomic E-state index is 11.7. The second-order valence-electron chi connectivity index (χ2n) is 5.09. The van der Waals surface area contributed by atoms with Gasteiger partial charge in [-0.3, -0.25) is 4.79 Å². The normalized spacial score (nSPS) is 10.7. The van der Waals surface area contributed by atoms with Crippen molar-refractivity contribution in [2.75, 3.05) is 6.61 Å². The van der Waals surface area contributed by atoms with Crippen molar-refractivity contribution >= 4 is 12.1 Å². The molecule has 6 nitrogen and oxygen atoms in total. The highest BCUT2D eigenvalue weighted by atomic mass is 16.5. The van der Waals surface area contributed by atoms with Crippen LogP contribution in [0.4, 0.5) is 0 Å². The van der Waals surface area contributed by atoms with Crippen molar-refractivity contribution in [2.24, 2.45) is 5.10 Å². The number of nitrogens with one attached hydrogen (secondary N) is 1. The van der Waals surface area contributed by atoms with Gasteiger partial charge in [0.05, 0.1) is 6.21 Å². The molecule has 1 amide bonds. The van der Waals surface area contributed by atoms with Crippen molar-refractivity contribution < 1.29 is 19.7 Å². The van der Waals surface area contributed by atoms with Gasteiger partial charge in [0.25, 0.3) is 5.91 Å². The average Bonchev–Trinajstić information content (AvgIpc) is 2.48. The number of rotatable bonds is 5. The Labute approximate surface area is 134 Å². The molecule has 2 aromatic carbocycles. The minimum absolute atomic E-state index is 0.0504. The lowest BCUT2D eigenvalue weighted by Gasteiger charge is -2.08. The van der Waals surface area contributed by atoms with Crippen LogP contribution in [-0.4, -0.2) is 28.9 Å². The van der Waals surface area contributed by atoms with Crippen LogP contribution in [0.2, 0.25) is 0 Å². The fourth-order valence-corrected chi connectivity index (χ4v) is 1.95. The van der Waals surface area contributed by atoms with Gasteiger partial charge in [0, 0.05) is 11.6 Å². The number of aromatic hydroxyl groups is 2. The largest absolute Gasteiger partial charge is 0.508 e. The molecule has 0 atom stereocenters. The zero-order valence-electron chi connectivity index (χ0n) is 12.9. The molecule has 0 fully saturated rings. The Morgan fingerprint density at radius 1 is 1.22 bits per heavy atom. The molecule has 2 rings (SSSR count). The van der Waals surface area contributed by atoms with Crippen molar-refractivity contribution in [3.63, 3.8) is 0 Å². The highest BCUT2D eigenvalue weighted by Crippen LogP contribution is 2.20. The Morgan fingerprint density at radius 3 is 2.70 bits per heavy atom. The summed E-state index contributed by atoms with van der Waals surface area (Å²) in [5.74, 6) is 0.0467. The van der Waals surface area contributed by atoms with E-state index in [0.717, 1.165) is 11.1 Å². The highest BCUT2D eigenvalue weighted by molar-refractivity contribution is 5.85. The molecule has 0 aliphatic heterocycles.